The van der Waals surface area contributed by atoms with E-state index in [0.717, 1.165) is 10.9 Å². The summed E-state index contributed by atoms with van der Waals surface area (Å²) < 4.78 is 22.9. The van der Waals surface area contributed by atoms with Crippen molar-refractivity contribution in [2.75, 3.05) is 0 Å². The third kappa shape index (κ3) is 3.22. The Morgan fingerprint density at radius 1 is 1.65 bits per heavy atom. The molecule has 0 aliphatic carbocycles. The van der Waals surface area contributed by atoms with Crippen LogP contribution in [-0.2, 0) is 21.4 Å². The van der Waals surface area contributed by atoms with Gasteiger partial charge in [0.15, 0.2) is 0 Å². The lowest BCUT2D eigenvalue weighted by atomic mass is 10.4. The first-order chi connectivity index (χ1) is 7.71. The van der Waals surface area contributed by atoms with Crippen molar-refractivity contribution in [3.8, 4) is 0 Å². The first-order valence-corrected chi connectivity index (χ1v) is 5.73. The largest absolute Gasteiger partial charge is 0.481 e. The van der Waals surface area contributed by atoms with Gasteiger partial charge in [0, 0.05) is 0 Å². The van der Waals surface area contributed by atoms with Crippen LogP contribution in [0.1, 0.15) is 6.42 Å². The molecule has 11 heteroatoms. The summed E-state index contributed by atoms with van der Waals surface area (Å²) in [6.07, 6.45) is 0.485. The number of hydrogen-bond donors (Lipinski definition) is 2. The molecule has 1 aromatic rings. The van der Waals surface area contributed by atoms with E-state index in [1.807, 2.05) is 0 Å². The van der Waals surface area contributed by atoms with Gasteiger partial charge in [-0.05, 0) is 4.92 Å². The van der Waals surface area contributed by atoms with E-state index in [0.29, 0.717) is 0 Å². The van der Waals surface area contributed by atoms with E-state index in [2.05, 4.69) is 5.10 Å². The Morgan fingerprint density at radius 2 is 2.24 bits per heavy atom. The van der Waals surface area contributed by atoms with Crippen LogP contribution in [0.4, 0.5) is 5.82 Å². The molecule has 0 aromatic carbocycles. The summed E-state index contributed by atoms with van der Waals surface area (Å²) in [4.78, 5) is 19.0. The number of carboxylic acids is 1. The minimum absolute atomic E-state index is 0.189. The molecule has 17 heavy (non-hydrogen) atoms. The number of carboxylic acid groups (broad SMARTS) is 1. The average molecular weight is 264 g/mol. The molecule has 0 amide bonds. The maximum absolute atomic E-state index is 11.0. The summed E-state index contributed by atoms with van der Waals surface area (Å²) in [5, 5.41) is 27.0. The van der Waals surface area contributed by atoms with Crippen LogP contribution in [0.3, 0.4) is 0 Å². The van der Waals surface area contributed by atoms with Gasteiger partial charge in [0.1, 0.15) is 0 Å². The van der Waals surface area contributed by atoms with E-state index in [1.165, 1.54) is 0 Å². The van der Waals surface area contributed by atoms with E-state index in [9.17, 15) is 23.3 Å². The van der Waals surface area contributed by atoms with Crippen molar-refractivity contribution in [1.82, 2.24) is 9.78 Å². The number of carbonyl (C=O) groups is 1. The Labute approximate surface area is 94.8 Å². The SMILES string of the molecule is NS(=O)(=O)c1cn(CCC(=O)O)nc1[N+](=O)[O-]. The Morgan fingerprint density at radius 3 is 2.59 bits per heavy atom. The van der Waals surface area contributed by atoms with Gasteiger partial charge in [-0.25, -0.2) is 13.6 Å². The fourth-order valence-electron chi connectivity index (χ4n) is 1.04. The van der Waals surface area contributed by atoms with Gasteiger partial charge in [-0.1, -0.05) is 0 Å². The van der Waals surface area contributed by atoms with Crippen molar-refractivity contribution in [2.24, 2.45) is 5.14 Å². The molecule has 0 saturated heterocycles. The number of aliphatic carboxylic acids is 1. The van der Waals surface area contributed by atoms with Crippen LogP contribution < -0.4 is 5.14 Å². The fourth-order valence-corrected chi connectivity index (χ4v) is 1.68. The topological polar surface area (TPSA) is 158 Å². The van der Waals surface area contributed by atoms with Gasteiger partial charge in [-0.2, -0.15) is 4.68 Å². The second-order valence-corrected chi connectivity index (χ2v) is 4.56. The summed E-state index contributed by atoms with van der Waals surface area (Å²) in [5.41, 5.74) is 0. The van der Waals surface area contributed by atoms with Gasteiger partial charge < -0.3 is 15.2 Å². The minimum atomic E-state index is -4.27. The van der Waals surface area contributed by atoms with Gasteiger partial charge in [0.05, 0.1) is 24.3 Å². The molecule has 0 aliphatic heterocycles. The van der Waals surface area contributed by atoms with Gasteiger partial charge in [0.2, 0.25) is 14.9 Å². The lowest BCUT2D eigenvalue weighted by Crippen LogP contribution is -2.13. The van der Waals surface area contributed by atoms with Crippen LogP contribution in [0.2, 0.25) is 0 Å². The van der Waals surface area contributed by atoms with Crippen molar-refractivity contribution in [3.63, 3.8) is 0 Å². The van der Waals surface area contributed by atoms with Gasteiger partial charge in [-0.15, -0.1) is 0 Å². The molecule has 3 N–H and O–H groups in total. The summed E-state index contributed by atoms with van der Waals surface area (Å²) in [6.45, 7) is -0.189. The van der Waals surface area contributed by atoms with Gasteiger partial charge >= 0.3 is 11.8 Å². The van der Waals surface area contributed by atoms with Crippen LogP contribution in [0.25, 0.3) is 0 Å². The first kappa shape index (κ1) is 13.1. The van der Waals surface area contributed by atoms with E-state index in [-0.39, 0.29) is 13.0 Å². The molecule has 0 saturated carbocycles. The lowest BCUT2D eigenvalue weighted by molar-refractivity contribution is -0.392. The summed E-state index contributed by atoms with van der Waals surface area (Å²) >= 11 is 0. The highest BCUT2D eigenvalue weighted by molar-refractivity contribution is 7.89. The standard InChI is InChI=1S/C6H8N4O6S/c7-17(15,16)4-3-9(2-1-5(11)12)8-6(4)10(13)14/h3H,1-2H2,(H,11,12)(H2,7,15,16). The monoisotopic (exact) mass is 264 g/mol. The highest BCUT2D eigenvalue weighted by atomic mass is 32.2. The molecule has 10 nitrogen and oxygen atoms in total. The molecule has 0 fully saturated rings. The Kier molecular flexibility index (Phi) is 3.43. The van der Waals surface area contributed by atoms with E-state index >= 15 is 0 Å². The number of aromatic nitrogens is 2. The predicted octanol–water partition coefficient (Wildman–Crippen LogP) is -1.09. The predicted molar refractivity (Wildman–Crippen MR) is 52.5 cm³/mol. The number of nitrogens with two attached hydrogens (primary N) is 1. The van der Waals surface area contributed by atoms with Crippen molar-refractivity contribution in [1.29, 1.82) is 0 Å². The molecule has 0 atom stereocenters. The molecule has 1 heterocycles. The number of sulfonamides is 1. The van der Waals surface area contributed by atoms with Crippen molar-refractivity contribution < 1.29 is 23.2 Å². The van der Waals surface area contributed by atoms with Crippen molar-refractivity contribution in [2.45, 2.75) is 17.9 Å². The van der Waals surface area contributed by atoms with E-state index < -0.39 is 31.6 Å². The Hall–Kier alpha value is -2.01. The quantitative estimate of drug-likeness (QED) is 0.505. The molecule has 1 rings (SSSR count). The first-order valence-electron chi connectivity index (χ1n) is 4.18. The molecule has 0 aliphatic rings. The number of aryl methyl sites for hydroxylation is 1. The second-order valence-electron chi connectivity index (χ2n) is 3.03. The number of hydrogen-bond acceptors (Lipinski definition) is 6. The number of nitrogens with zero attached hydrogens (tertiary/aromatic N) is 3. The number of nitro groups is 1. The zero-order chi connectivity index (χ0) is 13.2. The number of primary sulfonamides is 1. The zero-order valence-corrected chi connectivity index (χ0v) is 9.12. The summed E-state index contributed by atoms with van der Waals surface area (Å²) in [5.74, 6) is -2.06. The van der Waals surface area contributed by atoms with Crippen molar-refractivity contribution in [3.05, 3.63) is 16.3 Å². The Bertz CT molecular complexity index is 561. The molecular formula is C6H8N4O6S. The highest BCUT2D eigenvalue weighted by Crippen LogP contribution is 2.19. The second kappa shape index (κ2) is 4.47. The lowest BCUT2D eigenvalue weighted by Gasteiger charge is -1.91. The van der Waals surface area contributed by atoms with Gasteiger partial charge in [-0.3, -0.25) is 4.79 Å². The van der Waals surface area contributed by atoms with Crippen molar-refractivity contribution >= 4 is 21.8 Å². The Balaban J connectivity index is 3.14. The number of rotatable bonds is 5. The van der Waals surface area contributed by atoms with Crippen LogP contribution in [-0.4, -0.2) is 34.2 Å². The molecular weight excluding hydrogens is 256 g/mol. The van der Waals surface area contributed by atoms with Crippen LogP contribution in [0.15, 0.2) is 11.1 Å². The third-order valence-corrected chi connectivity index (χ3v) is 2.65. The average Bonchev–Trinajstić information content (AvgIpc) is 2.57. The molecule has 0 bridgehead atoms. The maximum atomic E-state index is 11.0. The third-order valence-electron chi connectivity index (χ3n) is 1.74. The van der Waals surface area contributed by atoms with Crippen LogP contribution >= 0.6 is 0 Å². The van der Waals surface area contributed by atoms with E-state index in [4.69, 9.17) is 10.2 Å². The smallest absolute Gasteiger partial charge is 0.410 e. The summed E-state index contributed by atoms with van der Waals surface area (Å²) in [7, 11) is -4.27. The molecule has 0 spiro atoms. The molecule has 0 unspecified atom stereocenters. The zero-order valence-electron chi connectivity index (χ0n) is 8.31. The van der Waals surface area contributed by atoms with E-state index in [1.54, 1.807) is 0 Å². The van der Waals surface area contributed by atoms with Crippen LogP contribution in [0, 0.1) is 10.1 Å². The normalized spacial score (nSPS) is 11.4. The van der Waals surface area contributed by atoms with Gasteiger partial charge in [0.25, 0.3) is 0 Å². The minimum Gasteiger partial charge on any atom is -0.481 e. The fraction of sp³-hybridized carbons (Fsp3) is 0.333. The maximum Gasteiger partial charge on any atom is 0.410 e. The molecule has 1 aromatic heterocycles. The highest BCUT2D eigenvalue weighted by Gasteiger charge is 2.28. The van der Waals surface area contributed by atoms with Crippen LogP contribution in [0.5, 0.6) is 0 Å². The summed E-state index contributed by atoms with van der Waals surface area (Å²) in [6, 6.07) is 0. The molecule has 94 valence electrons. The molecule has 0 radical (unpaired) electrons.